The van der Waals surface area contributed by atoms with E-state index >= 15 is 0 Å². The number of hydrogen-bond acceptors (Lipinski definition) is 4. The van der Waals surface area contributed by atoms with Gasteiger partial charge in [-0.2, -0.15) is 8.42 Å². The fourth-order valence-electron chi connectivity index (χ4n) is 2.71. The van der Waals surface area contributed by atoms with E-state index in [1.165, 1.54) is 70.6 Å². The van der Waals surface area contributed by atoms with Crippen molar-refractivity contribution in [3.63, 3.8) is 0 Å². The summed E-state index contributed by atoms with van der Waals surface area (Å²) in [6.45, 7) is 2.12. The molecule has 0 aliphatic heterocycles. The summed E-state index contributed by atoms with van der Waals surface area (Å²) in [6, 6.07) is 0. The maximum absolute atomic E-state index is 11.2. The molecule has 152 valence electrons. The molecule has 0 saturated heterocycles. The van der Waals surface area contributed by atoms with Crippen LogP contribution in [0.25, 0.3) is 0 Å². The molecule has 0 aliphatic rings. The molecule has 0 aliphatic carbocycles. The van der Waals surface area contributed by atoms with E-state index in [9.17, 15) is 8.42 Å². The summed E-state index contributed by atoms with van der Waals surface area (Å²) >= 11 is 0. The SMILES string of the molecule is CCCCCCCC/C=C\CCCCCCCCOS(=O)(=O)CCO.[NaH]. The van der Waals surface area contributed by atoms with Gasteiger partial charge in [-0.25, -0.2) is 0 Å². The Hall–Kier alpha value is 0.610. The Morgan fingerprint density at radius 1 is 0.769 bits per heavy atom. The first-order chi connectivity index (χ1) is 12.1. The first-order valence-electron chi connectivity index (χ1n) is 10.3. The second-order valence-corrected chi connectivity index (χ2v) is 8.50. The summed E-state index contributed by atoms with van der Waals surface area (Å²) in [7, 11) is -3.51. The molecule has 6 heteroatoms. The van der Waals surface area contributed by atoms with Gasteiger partial charge in [0.25, 0.3) is 10.1 Å². The van der Waals surface area contributed by atoms with E-state index in [0.717, 1.165) is 19.3 Å². The zero-order chi connectivity index (χ0) is 18.6. The molecule has 0 saturated carbocycles. The van der Waals surface area contributed by atoms with Crippen molar-refractivity contribution < 1.29 is 17.7 Å². The predicted molar refractivity (Wildman–Crippen MR) is 113 cm³/mol. The second kappa shape index (κ2) is 21.9. The van der Waals surface area contributed by atoms with Gasteiger partial charge >= 0.3 is 29.6 Å². The van der Waals surface area contributed by atoms with Gasteiger partial charge in [-0.3, -0.25) is 4.18 Å². The molecule has 4 nitrogen and oxygen atoms in total. The molecule has 0 amide bonds. The van der Waals surface area contributed by atoms with Gasteiger partial charge in [-0.15, -0.1) is 0 Å². The van der Waals surface area contributed by atoms with E-state index in [1.54, 1.807) is 0 Å². The number of aliphatic hydroxyl groups is 1. The van der Waals surface area contributed by atoms with Crippen LogP contribution in [0.1, 0.15) is 96.8 Å². The molecule has 0 aromatic rings. The van der Waals surface area contributed by atoms with Gasteiger partial charge < -0.3 is 5.11 Å². The third-order valence-electron chi connectivity index (χ3n) is 4.26. The number of unbranched alkanes of at least 4 members (excludes halogenated alkanes) is 12. The molecule has 0 atom stereocenters. The third kappa shape index (κ3) is 22.7. The Balaban J connectivity index is 0. The van der Waals surface area contributed by atoms with Crippen LogP contribution in [-0.4, -0.2) is 62.0 Å². The van der Waals surface area contributed by atoms with Crippen molar-refractivity contribution >= 4 is 39.7 Å². The Kier molecular flexibility index (Phi) is 24.3. The topological polar surface area (TPSA) is 63.6 Å². The third-order valence-corrected chi connectivity index (χ3v) is 5.47. The number of allylic oxidation sites excluding steroid dienone is 2. The summed E-state index contributed by atoms with van der Waals surface area (Å²) in [4.78, 5) is 0. The Morgan fingerprint density at radius 3 is 1.73 bits per heavy atom. The van der Waals surface area contributed by atoms with Crippen molar-refractivity contribution in [2.24, 2.45) is 0 Å². The number of rotatable bonds is 19. The van der Waals surface area contributed by atoms with Crippen LogP contribution < -0.4 is 0 Å². The molecule has 0 unspecified atom stereocenters. The zero-order valence-corrected chi connectivity index (χ0v) is 17.1. The summed E-state index contributed by atoms with van der Waals surface area (Å²) in [5.41, 5.74) is 0. The standard InChI is InChI=1S/C20H40O4S.Na.H/c1-2-3-4-5-6-7-8-9-10-11-12-13-14-15-16-17-19-24-25(22,23)20-18-21;;/h9-10,21H,2-8,11-20H2,1H3;;/b10-9-;;. The van der Waals surface area contributed by atoms with Crippen molar-refractivity contribution in [1.82, 2.24) is 0 Å². The van der Waals surface area contributed by atoms with Crippen LogP contribution >= 0.6 is 0 Å². The number of hydrogen-bond donors (Lipinski definition) is 1. The molecular weight excluding hydrogens is 359 g/mol. The van der Waals surface area contributed by atoms with Gasteiger partial charge in [-0.05, 0) is 32.1 Å². The summed E-state index contributed by atoms with van der Waals surface area (Å²) < 4.78 is 27.2. The Labute approximate surface area is 184 Å². The summed E-state index contributed by atoms with van der Waals surface area (Å²) in [5.74, 6) is -0.306. The van der Waals surface area contributed by atoms with Crippen LogP contribution in [0.15, 0.2) is 12.2 Å². The van der Waals surface area contributed by atoms with E-state index in [0.29, 0.717) is 0 Å². The van der Waals surface area contributed by atoms with Gasteiger partial charge in [0.1, 0.15) is 0 Å². The van der Waals surface area contributed by atoms with Crippen LogP contribution in [0.4, 0.5) is 0 Å². The molecule has 0 aromatic carbocycles. The van der Waals surface area contributed by atoms with Crippen LogP contribution in [-0.2, 0) is 14.3 Å². The average Bonchev–Trinajstić information content (AvgIpc) is 2.57. The van der Waals surface area contributed by atoms with Crippen LogP contribution in [0.3, 0.4) is 0 Å². The number of aliphatic hydroxyl groups excluding tert-OH is 1. The molecule has 0 radical (unpaired) electrons. The van der Waals surface area contributed by atoms with Gasteiger partial charge in [0.05, 0.1) is 19.0 Å². The van der Waals surface area contributed by atoms with E-state index in [2.05, 4.69) is 19.1 Å². The Bertz CT molecular complexity index is 397. The van der Waals surface area contributed by atoms with Crippen LogP contribution in [0, 0.1) is 0 Å². The van der Waals surface area contributed by atoms with Gasteiger partial charge in [0.2, 0.25) is 0 Å². The minimum atomic E-state index is -3.51. The van der Waals surface area contributed by atoms with E-state index in [4.69, 9.17) is 9.29 Å². The molecule has 0 rings (SSSR count). The molecule has 0 spiro atoms. The maximum atomic E-state index is 11.2. The molecule has 1 N–H and O–H groups in total. The predicted octanol–water partition coefficient (Wildman–Crippen LogP) is 4.71. The second-order valence-electron chi connectivity index (χ2n) is 6.75. The van der Waals surface area contributed by atoms with Gasteiger partial charge in [-0.1, -0.05) is 76.9 Å². The van der Waals surface area contributed by atoms with Crippen molar-refractivity contribution in [2.45, 2.75) is 96.8 Å². The van der Waals surface area contributed by atoms with E-state index in [-0.39, 0.29) is 48.5 Å². The van der Waals surface area contributed by atoms with Crippen molar-refractivity contribution in [3.05, 3.63) is 12.2 Å². The fourth-order valence-corrected chi connectivity index (χ4v) is 3.42. The van der Waals surface area contributed by atoms with E-state index < -0.39 is 10.1 Å². The average molecular weight is 401 g/mol. The summed E-state index contributed by atoms with van der Waals surface area (Å²) in [5, 5.41) is 8.58. The normalized spacial score (nSPS) is 11.8. The molecular formula is C20H41NaO4S. The Morgan fingerprint density at radius 2 is 1.23 bits per heavy atom. The molecule has 26 heavy (non-hydrogen) atoms. The van der Waals surface area contributed by atoms with Crippen molar-refractivity contribution in [2.75, 3.05) is 19.0 Å². The van der Waals surface area contributed by atoms with E-state index in [1.807, 2.05) is 0 Å². The zero-order valence-electron chi connectivity index (χ0n) is 16.3. The monoisotopic (exact) mass is 400 g/mol. The van der Waals surface area contributed by atoms with Crippen LogP contribution in [0.2, 0.25) is 0 Å². The quantitative estimate of drug-likeness (QED) is 0.148. The van der Waals surface area contributed by atoms with Crippen molar-refractivity contribution in [1.29, 1.82) is 0 Å². The van der Waals surface area contributed by atoms with Gasteiger partial charge in [0, 0.05) is 0 Å². The molecule has 0 heterocycles. The summed E-state index contributed by atoms with van der Waals surface area (Å²) in [6.07, 6.45) is 21.8. The molecule has 0 fully saturated rings. The van der Waals surface area contributed by atoms with Gasteiger partial charge in [0.15, 0.2) is 0 Å². The first-order valence-corrected chi connectivity index (χ1v) is 11.8. The fraction of sp³-hybridized carbons (Fsp3) is 0.900. The molecule has 0 bridgehead atoms. The van der Waals surface area contributed by atoms with Crippen molar-refractivity contribution in [3.8, 4) is 0 Å². The molecule has 0 aromatic heterocycles. The van der Waals surface area contributed by atoms with Crippen LogP contribution in [0.5, 0.6) is 0 Å². The first kappa shape index (κ1) is 28.8. The minimum absolute atomic E-state index is 0.